The van der Waals surface area contributed by atoms with Gasteiger partial charge in [-0.3, -0.25) is 9.59 Å². The molecule has 1 aromatic heterocycles. The van der Waals surface area contributed by atoms with E-state index < -0.39 is 11.7 Å². The van der Waals surface area contributed by atoms with Crippen molar-refractivity contribution in [2.24, 2.45) is 0 Å². The lowest BCUT2D eigenvalue weighted by Gasteiger charge is -2.21. The van der Waals surface area contributed by atoms with Gasteiger partial charge in [0.25, 0.3) is 5.91 Å². The molecule has 0 aliphatic carbocycles. The van der Waals surface area contributed by atoms with E-state index in [0.717, 1.165) is 6.21 Å². The van der Waals surface area contributed by atoms with Crippen LogP contribution in [0.4, 0.5) is 10.2 Å². The molecule has 2 aliphatic heterocycles. The number of nitrogens with zero attached hydrogens (tertiary/aromatic N) is 2. The van der Waals surface area contributed by atoms with Crippen molar-refractivity contribution in [3.63, 3.8) is 0 Å². The first-order valence-electron chi connectivity index (χ1n) is 8.56. The number of hydrogen-bond acceptors (Lipinski definition) is 6. The van der Waals surface area contributed by atoms with Crippen molar-refractivity contribution in [1.29, 1.82) is 5.41 Å². The van der Waals surface area contributed by atoms with Crippen molar-refractivity contribution in [3.05, 3.63) is 41.5 Å². The Kier molecular flexibility index (Phi) is 5.20. The number of rotatable bonds is 6. The summed E-state index contributed by atoms with van der Waals surface area (Å²) in [5.41, 5.74) is 1.06. The van der Waals surface area contributed by atoms with E-state index in [2.05, 4.69) is 27.5 Å². The molecule has 3 heterocycles. The van der Waals surface area contributed by atoms with Crippen LogP contribution >= 0.6 is 0 Å². The molecule has 3 rings (SSSR count). The largest absolute Gasteiger partial charge is 0.393 e. The molecule has 0 spiro atoms. The van der Waals surface area contributed by atoms with Crippen molar-refractivity contribution in [3.8, 4) is 0 Å². The fourth-order valence-electron chi connectivity index (χ4n) is 3.35. The first-order chi connectivity index (χ1) is 13.0. The monoisotopic (exact) mass is 372 g/mol. The summed E-state index contributed by atoms with van der Waals surface area (Å²) in [6, 6.07) is -0.136. The van der Waals surface area contributed by atoms with Gasteiger partial charge in [-0.1, -0.05) is 6.58 Å². The molecule has 0 saturated carbocycles. The fraction of sp³-hybridized carbons (Fsp3) is 0.333. The number of fused-ring (bicyclic) bond motifs is 1. The van der Waals surface area contributed by atoms with Gasteiger partial charge in [-0.2, -0.15) is 0 Å². The highest BCUT2D eigenvalue weighted by molar-refractivity contribution is 6.13. The molecule has 2 aliphatic rings. The summed E-state index contributed by atoms with van der Waals surface area (Å²) in [6.07, 6.45) is 4.46. The second-order valence-electron chi connectivity index (χ2n) is 6.31. The average molecular weight is 372 g/mol. The van der Waals surface area contributed by atoms with E-state index in [1.165, 1.54) is 6.08 Å². The number of halogens is 1. The number of nitrogens with one attached hydrogen (secondary N) is 4. The van der Waals surface area contributed by atoms with Gasteiger partial charge in [0.2, 0.25) is 5.91 Å². The van der Waals surface area contributed by atoms with Gasteiger partial charge in [0.15, 0.2) is 11.6 Å². The van der Waals surface area contributed by atoms with Gasteiger partial charge in [-0.15, -0.1) is 0 Å². The molecular weight excluding hydrogens is 351 g/mol. The molecule has 27 heavy (non-hydrogen) atoms. The molecule has 1 saturated heterocycles. The van der Waals surface area contributed by atoms with Crippen LogP contribution in [0.15, 0.2) is 18.9 Å². The van der Waals surface area contributed by atoms with E-state index in [1.807, 2.05) is 0 Å². The Morgan fingerprint density at radius 2 is 2.30 bits per heavy atom. The fourth-order valence-corrected chi connectivity index (χ4v) is 3.35. The van der Waals surface area contributed by atoms with Crippen LogP contribution in [0.2, 0.25) is 0 Å². The Hall–Kier alpha value is -3.23. The lowest BCUT2D eigenvalue weighted by Crippen LogP contribution is -2.36. The summed E-state index contributed by atoms with van der Waals surface area (Å²) in [5, 5.41) is 15.9. The Labute approximate surface area is 156 Å². The lowest BCUT2D eigenvalue weighted by molar-refractivity contribution is -0.117. The Balaban J connectivity index is 2.01. The molecule has 142 valence electrons. The van der Waals surface area contributed by atoms with Gasteiger partial charge >= 0.3 is 0 Å². The third kappa shape index (κ3) is 3.40. The van der Waals surface area contributed by atoms with E-state index in [-0.39, 0.29) is 41.1 Å². The van der Waals surface area contributed by atoms with Gasteiger partial charge in [0, 0.05) is 56.3 Å². The minimum absolute atomic E-state index is 0.0812. The van der Waals surface area contributed by atoms with Gasteiger partial charge in [0.05, 0.1) is 11.3 Å². The van der Waals surface area contributed by atoms with E-state index in [9.17, 15) is 9.59 Å². The zero-order valence-corrected chi connectivity index (χ0v) is 14.9. The van der Waals surface area contributed by atoms with Crippen molar-refractivity contribution in [2.75, 3.05) is 25.0 Å². The van der Waals surface area contributed by atoms with Crippen molar-refractivity contribution in [1.82, 2.24) is 20.9 Å². The maximum atomic E-state index is 15.1. The standard InChI is InChI=1S/C18H21FN6O2/c1-3-13(26)23-11-4-5-25(9-11)17-15(19)12-8-22-18(27)14(12)16(24-17)10(6-20)7-21-2/h3,6-7,11,20-21H,1,4-5,8-9H2,2H3,(H,22,27)(H,23,26)/b10-7+,20-6?. The predicted octanol–water partition coefficient (Wildman–Crippen LogP) is 0.555. The second kappa shape index (κ2) is 7.56. The van der Waals surface area contributed by atoms with Crippen LogP contribution in [0.5, 0.6) is 0 Å². The van der Waals surface area contributed by atoms with Crippen molar-refractivity contribution in [2.45, 2.75) is 19.0 Å². The van der Waals surface area contributed by atoms with E-state index in [0.29, 0.717) is 25.1 Å². The lowest BCUT2D eigenvalue weighted by atomic mass is 10.0. The number of aromatic nitrogens is 1. The molecule has 1 atom stereocenters. The van der Waals surface area contributed by atoms with Crippen LogP contribution in [0, 0.1) is 11.2 Å². The molecule has 0 bridgehead atoms. The van der Waals surface area contributed by atoms with Gasteiger partial charge in [-0.25, -0.2) is 9.37 Å². The third-order valence-electron chi connectivity index (χ3n) is 4.62. The summed E-state index contributed by atoms with van der Waals surface area (Å²) in [6.45, 7) is 4.43. The second-order valence-corrected chi connectivity index (χ2v) is 6.31. The topological polar surface area (TPSA) is 110 Å². The quantitative estimate of drug-likeness (QED) is 0.431. The molecule has 1 unspecified atom stereocenters. The van der Waals surface area contributed by atoms with Crippen LogP contribution < -0.4 is 20.9 Å². The van der Waals surface area contributed by atoms with E-state index >= 15 is 4.39 Å². The number of hydrogen-bond donors (Lipinski definition) is 4. The SMILES string of the molecule is C=CC(=O)NC1CCN(c2nc(/C(C=N)=C/NC)c3c(c2F)CNC3=O)C1. The summed E-state index contributed by atoms with van der Waals surface area (Å²) in [5.74, 6) is -1.10. The summed E-state index contributed by atoms with van der Waals surface area (Å²) >= 11 is 0. The number of carbonyl (C=O) groups is 2. The van der Waals surface area contributed by atoms with Gasteiger partial charge < -0.3 is 26.3 Å². The number of carbonyl (C=O) groups excluding carboxylic acids is 2. The number of amides is 2. The zero-order chi connectivity index (χ0) is 19.6. The highest BCUT2D eigenvalue weighted by Crippen LogP contribution is 2.32. The molecule has 9 heteroatoms. The van der Waals surface area contributed by atoms with E-state index in [4.69, 9.17) is 5.41 Å². The van der Waals surface area contributed by atoms with Crippen LogP contribution in [-0.4, -0.2) is 49.2 Å². The first kappa shape index (κ1) is 18.6. The van der Waals surface area contributed by atoms with Crippen molar-refractivity contribution >= 4 is 29.4 Å². The maximum absolute atomic E-state index is 15.1. The first-order valence-corrected chi connectivity index (χ1v) is 8.56. The summed E-state index contributed by atoms with van der Waals surface area (Å²) in [4.78, 5) is 29.8. The molecule has 2 amide bonds. The minimum Gasteiger partial charge on any atom is -0.393 e. The summed E-state index contributed by atoms with van der Waals surface area (Å²) in [7, 11) is 1.67. The molecule has 4 N–H and O–H groups in total. The predicted molar refractivity (Wildman–Crippen MR) is 100 cm³/mol. The zero-order valence-electron chi connectivity index (χ0n) is 14.9. The number of allylic oxidation sites excluding steroid dienone is 1. The molecule has 8 nitrogen and oxygen atoms in total. The maximum Gasteiger partial charge on any atom is 0.254 e. The smallest absolute Gasteiger partial charge is 0.254 e. The average Bonchev–Trinajstić information content (AvgIpc) is 3.28. The summed E-state index contributed by atoms with van der Waals surface area (Å²) < 4.78 is 15.1. The molecule has 1 aromatic rings. The van der Waals surface area contributed by atoms with Crippen molar-refractivity contribution < 1.29 is 14.0 Å². The molecular formula is C18H21FN6O2. The van der Waals surface area contributed by atoms with Gasteiger partial charge in [-0.05, 0) is 12.5 Å². The minimum atomic E-state index is -0.545. The highest BCUT2D eigenvalue weighted by Gasteiger charge is 2.34. The normalized spacial score (nSPS) is 18.7. The number of anilines is 1. The molecule has 0 aromatic carbocycles. The van der Waals surface area contributed by atoms with E-state index in [1.54, 1.807) is 18.1 Å². The Morgan fingerprint density at radius 3 is 2.96 bits per heavy atom. The Morgan fingerprint density at radius 1 is 1.52 bits per heavy atom. The van der Waals surface area contributed by atoms with Crippen LogP contribution in [0.25, 0.3) is 5.57 Å². The molecule has 1 fully saturated rings. The van der Waals surface area contributed by atoms with Gasteiger partial charge in [0.1, 0.15) is 0 Å². The highest BCUT2D eigenvalue weighted by atomic mass is 19.1. The Bertz CT molecular complexity index is 851. The van der Waals surface area contributed by atoms with Crippen LogP contribution in [0.1, 0.15) is 28.0 Å². The molecule has 0 radical (unpaired) electrons. The van der Waals surface area contributed by atoms with Crippen LogP contribution in [-0.2, 0) is 11.3 Å². The number of pyridine rings is 1. The van der Waals surface area contributed by atoms with Crippen LogP contribution in [0.3, 0.4) is 0 Å². The third-order valence-corrected chi connectivity index (χ3v) is 4.62.